The van der Waals surface area contributed by atoms with Gasteiger partial charge in [0.2, 0.25) is 0 Å². The molecule has 0 bridgehead atoms. The molecule has 10 heteroatoms. The number of benzene rings is 1. The molecular weight excluding hydrogens is 418 g/mol. The number of hydrogen-bond donors (Lipinski definition) is 0. The molecule has 1 aromatic carbocycles. The number of amides is 1. The molecule has 1 aliphatic heterocycles. The minimum atomic E-state index is -4.50. The number of hydrogen-bond acceptors (Lipinski definition) is 4. The minimum Gasteiger partial charge on any atom is -0.482 e. The highest BCUT2D eigenvalue weighted by molar-refractivity contribution is 6.33. The molecule has 2 heterocycles. The standard InChI is InChI=1S/C18H16Cl2F3N3O2/c19-13-3-1-2-4-15(13)28-11-16(27)25-5-7-26(8-6-25)17-14(20)9-12(10-24-17)18(21,22)23/h1-4,9-10H,5-8,11H2. The summed E-state index contributed by atoms with van der Waals surface area (Å²) in [5.41, 5.74) is -0.896. The smallest absolute Gasteiger partial charge is 0.417 e. The van der Waals surface area contributed by atoms with Gasteiger partial charge in [0.15, 0.2) is 6.61 Å². The van der Waals surface area contributed by atoms with Crippen molar-refractivity contribution in [1.82, 2.24) is 9.88 Å². The maximum Gasteiger partial charge on any atom is 0.417 e. The average molecular weight is 434 g/mol. The van der Waals surface area contributed by atoms with Crippen molar-refractivity contribution in [3.8, 4) is 5.75 Å². The molecule has 1 aromatic heterocycles. The van der Waals surface area contributed by atoms with Gasteiger partial charge in [0.05, 0.1) is 15.6 Å². The molecule has 0 saturated carbocycles. The first-order valence-electron chi connectivity index (χ1n) is 8.38. The van der Waals surface area contributed by atoms with Gasteiger partial charge >= 0.3 is 6.18 Å². The van der Waals surface area contributed by atoms with E-state index in [1.807, 2.05) is 0 Å². The third-order valence-corrected chi connectivity index (χ3v) is 4.86. The molecule has 28 heavy (non-hydrogen) atoms. The number of pyridine rings is 1. The molecule has 1 aliphatic rings. The topological polar surface area (TPSA) is 45.7 Å². The number of halogens is 5. The number of alkyl halides is 3. The van der Waals surface area contributed by atoms with E-state index in [-0.39, 0.29) is 23.4 Å². The van der Waals surface area contributed by atoms with Crippen LogP contribution in [-0.4, -0.2) is 48.6 Å². The monoisotopic (exact) mass is 433 g/mol. The highest BCUT2D eigenvalue weighted by Gasteiger charge is 2.32. The van der Waals surface area contributed by atoms with Crippen LogP contribution in [0.15, 0.2) is 36.5 Å². The Balaban J connectivity index is 1.55. The zero-order valence-electron chi connectivity index (χ0n) is 14.5. The molecule has 2 aromatic rings. The van der Waals surface area contributed by atoms with Crippen molar-refractivity contribution in [3.63, 3.8) is 0 Å². The fourth-order valence-electron chi connectivity index (χ4n) is 2.78. The van der Waals surface area contributed by atoms with Gasteiger partial charge in [0.1, 0.15) is 11.6 Å². The first-order valence-corrected chi connectivity index (χ1v) is 9.14. The van der Waals surface area contributed by atoms with Crippen molar-refractivity contribution in [3.05, 3.63) is 52.1 Å². The lowest BCUT2D eigenvalue weighted by molar-refractivity contribution is -0.138. The fraction of sp³-hybridized carbons (Fsp3) is 0.333. The number of ether oxygens (including phenoxy) is 1. The predicted molar refractivity (Wildman–Crippen MR) is 100.0 cm³/mol. The van der Waals surface area contributed by atoms with Crippen LogP contribution in [0.3, 0.4) is 0 Å². The summed E-state index contributed by atoms with van der Waals surface area (Å²) in [4.78, 5) is 19.5. The first-order chi connectivity index (χ1) is 13.3. The van der Waals surface area contributed by atoms with Crippen molar-refractivity contribution in [1.29, 1.82) is 0 Å². The molecule has 0 N–H and O–H groups in total. The Hall–Kier alpha value is -2.19. The number of para-hydroxylation sites is 1. The van der Waals surface area contributed by atoms with Gasteiger partial charge in [-0.1, -0.05) is 35.3 Å². The van der Waals surface area contributed by atoms with Gasteiger partial charge in [-0.2, -0.15) is 13.2 Å². The number of carbonyl (C=O) groups is 1. The number of piperazine rings is 1. The van der Waals surface area contributed by atoms with Gasteiger partial charge in [-0.05, 0) is 18.2 Å². The second-order valence-corrected chi connectivity index (χ2v) is 6.93. The van der Waals surface area contributed by atoms with Crippen LogP contribution in [0.5, 0.6) is 5.75 Å². The van der Waals surface area contributed by atoms with Gasteiger partial charge in [-0.3, -0.25) is 4.79 Å². The number of aromatic nitrogens is 1. The fourth-order valence-corrected chi connectivity index (χ4v) is 3.25. The van der Waals surface area contributed by atoms with Gasteiger partial charge in [-0.15, -0.1) is 0 Å². The van der Waals surface area contributed by atoms with Crippen molar-refractivity contribution >= 4 is 34.9 Å². The molecule has 5 nitrogen and oxygen atoms in total. The molecule has 0 spiro atoms. The van der Waals surface area contributed by atoms with E-state index >= 15 is 0 Å². The average Bonchev–Trinajstić information content (AvgIpc) is 2.66. The third-order valence-electron chi connectivity index (χ3n) is 4.27. The number of nitrogens with zero attached hydrogens (tertiary/aromatic N) is 3. The second-order valence-electron chi connectivity index (χ2n) is 6.11. The third kappa shape index (κ3) is 4.80. The molecular formula is C18H16Cl2F3N3O2. The maximum absolute atomic E-state index is 12.7. The number of rotatable bonds is 4. The van der Waals surface area contributed by atoms with Crippen LogP contribution in [0.1, 0.15) is 5.56 Å². The molecule has 1 fully saturated rings. The van der Waals surface area contributed by atoms with E-state index in [4.69, 9.17) is 27.9 Å². The Labute approximate surface area is 169 Å². The van der Waals surface area contributed by atoms with Gasteiger partial charge in [0.25, 0.3) is 5.91 Å². The lowest BCUT2D eigenvalue weighted by Crippen LogP contribution is -2.50. The Morgan fingerprint density at radius 1 is 1.11 bits per heavy atom. The minimum absolute atomic E-state index is 0.0725. The lowest BCUT2D eigenvalue weighted by atomic mass is 10.2. The Bertz CT molecular complexity index is 856. The Kier molecular flexibility index (Phi) is 6.20. The molecule has 0 unspecified atom stereocenters. The lowest BCUT2D eigenvalue weighted by Gasteiger charge is -2.35. The molecule has 0 radical (unpaired) electrons. The summed E-state index contributed by atoms with van der Waals surface area (Å²) in [7, 11) is 0. The van der Waals surface area contributed by atoms with Crippen molar-refractivity contribution in [2.75, 3.05) is 37.7 Å². The summed E-state index contributed by atoms with van der Waals surface area (Å²) in [6, 6.07) is 7.72. The highest BCUT2D eigenvalue weighted by Crippen LogP contribution is 2.33. The van der Waals surface area contributed by atoms with E-state index in [2.05, 4.69) is 4.98 Å². The second kappa shape index (κ2) is 8.45. The van der Waals surface area contributed by atoms with Crippen molar-refractivity contribution < 1.29 is 22.7 Å². The van der Waals surface area contributed by atoms with Crippen LogP contribution in [0.2, 0.25) is 10.0 Å². The SMILES string of the molecule is O=C(COc1ccccc1Cl)N1CCN(c2ncc(C(F)(F)F)cc2Cl)CC1. The Morgan fingerprint density at radius 2 is 1.79 bits per heavy atom. The van der Waals surface area contributed by atoms with E-state index in [0.717, 1.165) is 12.3 Å². The zero-order chi connectivity index (χ0) is 20.3. The number of anilines is 1. The molecule has 0 aliphatic carbocycles. The van der Waals surface area contributed by atoms with E-state index in [0.29, 0.717) is 37.0 Å². The summed E-state index contributed by atoms with van der Waals surface area (Å²) >= 11 is 12.0. The van der Waals surface area contributed by atoms with Crippen LogP contribution in [0.25, 0.3) is 0 Å². The van der Waals surface area contributed by atoms with Crippen LogP contribution in [-0.2, 0) is 11.0 Å². The molecule has 1 saturated heterocycles. The molecule has 0 atom stereocenters. The summed E-state index contributed by atoms with van der Waals surface area (Å²) < 4.78 is 43.6. The number of carbonyl (C=O) groups excluding carboxylic acids is 1. The predicted octanol–water partition coefficient (Wildman–Crippen LogP) is 4.13. The largest absolute Gasteiger partial charge is 0.482 e. The molecule has 150 valence electrons. The van der Waals surface area contributed by atoms with Gasteiger partial charge in [0, 0.05) is 32.4 Å². The quantitative estimate of drug-likeness (QED) is 0.726. The van der Waals surface area contributed by atoms with E-state index in [1.54, 1.807) is 34.1 Å². The van der Waals surface area contributed by atoms with Crippen molar-refractivity contribution in [2.45, 2.75) is 6.18 Å². The Morgan fingerprint density at radius 3 is 2.39 bits per heavy atom. The zero-order valence-corrected chi connectivity index (χ0v) is 16.1. The summed E-state index contributed by atoms with van der Waals surface area (Å²) in [5, 5.41) is 0.347. The first kappa shape index (κ1) is 20.5. The van der Waals surface area contributed by atoms with Crippen molar-refractivity contribution in [2.24, 2.45) is 0 Å². The maximum atomic E-state index is 12.7. The van der Waals surface area contributed by atoms with E-state index < -0.39 is 11.7 Å². The normalized spacial score (nSPS) is 14.9. The highest BCUT2D eigenvalue weighted by atomic mass is 35.5. The summed E-state index contributed by atoms with van der Waals surface area (Å²) in [5.74, 6) is 0.497. The summed E-state index contributed by atoms with van der Waals surface area (Å²) in [6.07, 6.45) is -3.74. The van der Waals surface area contributed by atoms with Crippen LogP contribution in [0.4, 0.5) is 19.0 Å². The summed E-state index contributed by atoms with van der Waals surface area (Å²) in [6.45, 7) is 1.41. The molecule has 3 rings (SSSR count). The molecule has 1 amide bonds. The van der Waals surface area contributed by atoms with Gasteiger partial charge < -0.3 is 14.5 Å². The van der Waals surface area contributed by atoms with E-state index in [9.17, 15) is 18.0 Å². The van der Waals surface area contributed by atoms with Crippen LogP contribution >= 0.6 is 23.2 Å². The van der Waals surface area contributed by atoms with E-state index in [1.165, 1.54) is 0 Å². The van der Waals surface area contributed by atoms with Gasteiger partial charge in [-0.25, -0.2) is 4.98 Å². The van der Waals surface area contributed by atoms with Crippen LogP contribution in [0, 0.1) is 0 Å². The van der Waals surface area contributed by atoms with Crippen LogP contribution < -0.4 is 9.64 Å².